The molecule has 3 aliphatic carbocycles. The second-order valence-corrected chi connectivity index (χ2v) is 6.12. The summed E-state index contributed by atoms with van der Waals surface area (Å²) in [4.78, 5) is 11.6. The van der Waals surface area contributed by atoms with E-state index >= 15 is 0 Å². The Balaban J connectivity index is 1.86. The molecule has 0 aromatic heterocycles. The van der Waals surface area contributed by atoms with E-state index in [1.165, 1.54) is 0 Å². The van der Waals surface area contributed by atoms with Crippen LogP contribution >= 0.6 is 0 Å². The first-order valence-corrected chi connectivity index (χ1v) is 5.52. The molecule has 0 aromatic carbocycles. The van der Waals surface area contributed by atoms with E-state index in [0.717, 1.165) is 25.7 Å². The van der Waals surface area contributed by atoms with Gasteiger partial charge < -0.3 is 15.8 Å². The Bertz CT molecular complexity index is 287. The number of carbonyl (C=O) groups is 1. The maximum atomic E-state index is 11.6. The zero-order valence-electron chi connectivity index (χ0n) is 9.72. The van der Waals surface area contributed by atoms with Crippen molar-refractivity contribution in [1.29, 1.82) is 0 Å². The largest absolute Gasteiger partial charge is 0.444 e. The maximum Gasteiger partial charge on any atom is 0.408 e. The van der Waals surface area contributed by atoms with E-state index in [1.54, 1.807) is 0 Å². The molecule has 15 heavy (non-hydrogen) atoms. The van der Waals surface area contributed by atoms with Crippen molar-refractivity contribution in [2.24, 2.45) is 5.73 Å². The summed E-state index contributed by atoms with van der Waals surface area (Å²) in [5.41, 5.74) is 5.55. The minimum atomic E-state index is -0.428. The van der Waals surface area contributed by atoms with Gasteiger partial charge in [0.1, 0.15) is 5.60 Å². The van der Waals surface area contributed by atoms with Crippen LogP contribution in [0.2, 0.25) is 0 Å². The highest BCUT2D eigenvalue weighted by Crippen LogP contribution is 2.53. The number of alkyl carbamates (subject to hydrolysis) is 1. The van der Waals surface area contributed by atoms with Crippen molar-refractivity contribution in [3.8, 4) is 0 Å². The average Bonchev–Trinajstić information content (AvgIpc) is 2.35. The molecule has 0 atom stereocenters. The van der Waals surface area contributed by atoms with E-state index in [0.29, 0.717) is 0 Å². The molecule has 1 amide bonds. The molecule has 3 rings (SSSR count). The number of ether oxygens (including phenoxy) is 1. The Morgan fingerprint density at radius 3 is 2.33 bits per heavy atom. The van der Waals surface area contributed by atoms with Gasteiger partial charge in [-0.05, 0) is 46.5 Å². The molecule has 3 fully saturated rings. The van der Waals surface area contributed by atoms with Gasteiger partial charge in [-0.2, -0.15) is 0 Å². The van der Waals surface area contributed by atoms with Crippen molar-refractivity contribution >= 4 is 6.09 Å². The van der Waals surface area contributed by atoms with Gasteiger partial charge in [0.25, 0.3) is 0 Å². The highest BCUT2D eigenvalue weighted by molar-refractivity contribution is 5.69. The van der Waals surface area contributed by atoms with E-state index in [-0.39, 0.29) is 17.2 Å². The topological polar surface area (TPSA) is 64.3 Å². The average molecular weight is 212 g/mol. The van der Waals surface area contributed by atoms with Crippen LogP contribution in [0.5, 0.6) is 0 Å². The molecule has 0 radical (unpaired) electrons. The molecule has 0 saturated heterocycles. The van der Waals surface area contributed by atoms with Crippen LogP contribution in [0.3, 0.4) is 0 Å². The predicted octanol–water partition coefficient (Wildman–Crippen LogP) is 1.53. The molecule has 86 valence electrons. The fraction of sp³-hybridized carbons (Fsp3) is 0.909. The number of nitrogens with one attached hydrogen (secondary N) is 1. The Morgan fingerprint density at radius 2 is 1.93 bits per heavy atom. The summed E-state index contributed by atoms with van der Waals surface area (Å²) in [5, 5.41) is 2.96. The van der Waals surface area contributed by atoms with Crippen LogP contribution in [0.1, 0.15) is 46.5 Å². The highest BCUT2D eigenvalue weighted by atomic mass is 16.6. The summed E-state index contributed by atoms with van der Waals surface area (Å²) >= 11 is 0. The van der Waals surface area contributed by atoms with Gasteiger partial charge in [-0.25, -0.2) is 4.79 Å². The van der Waals surface area contributed by atoms with Crippen molar-refractivity contribution in [1.82, 2.24) is 5.32 Å². The summed E-state index contributed by atoms with van der Waals surface area (Å²) in [6.45, 7) is 5.60. The van der Waals surface area contributed by atoms with Crippen molar-refractivity contribution in [3.05, 3.63) is 0 Å². The molecule has 0 aromatic rings. The van der Waals surface area contributed by atoms with E-state index < -0.39 is 5.60 Å². The van der Waals surface area contributed by atoms with E-state index in [2.05, 4.69) is 5.32 Å². The standard InChI is InChI=1S/C11H20N2O2/c1-9(2,3)15-8(14)13-11-5-4-10(12,6-11)7-11/h4-7,12H2,1-3H3,(H,13,14). The Hall–Kier alpha value is -0.770. The second kappa shape index (κ2) is 2.88. The molecule has 0 unspecified atom stereocenters. The van der Waals surface area contributed by atoms with Gasteiger partial charge in [-0.3, -0.25) is 0 Å². The molecule has 0 spiro atoms. The first-order chi connectivity index (χ1) is 6.72. The van der Waals surface area contributed by atoms with Crippen LogP contribution in [0, 0.1) is 0 Å². The fourth-order valence-corrected chi connectivity index (χ4v) is 2.81. The third-order valence-electron chi connectivity index (χ3n) is 3.25. The number of amides is 1. The number of fused-ring (bicyclic) bond motifs is 1. The third kappa shape index (κ3) is 2.09. The summed E-state index contributed by atoms with van der Waals surface area (Å²) < 4.78 is 5.23. The molecule has 2 bridgehead atoms. The van der Waals surface area contributed by atoms with Crippen LogP contribution in [0.15, 0.2) is 0 Å². The van der Waals surface area contributed by atoms with Crippen LogP contribution in [-0.2, 0) is 4.74 Å². The number of hydrogen-bond donors (Lipinski definition) is 2. The Labute approximate surface area is 90.5 Å². The van der Waals surface area contributed by atoms with Gasteiger partial charge in [0.15, 0.2) is 0 Å². The van der Waals surface area contributed by atoms with E-state index in [4.69, 9.17) is 10.5 Å². The SMILES string of the molecule is CC(C)(C)OC(=O)NC12CCC(N)(C1)C2. The minimum Gasteiger partial charge on any atom is -0.444 e. The monoisotopic (exact) mass is 212 g/mol. The summed E-state index contributed by atoms with van der Waals surface area (Å²) in [5.74, 6) is 0. The summed E-state index contributed by atoms with van der Waals surface area (Å²) in [6, 6.07) is 0. The molecule has 0 heterocycles. The smallest absolute Gasteiger partial charge is 0.408 e. The molecule has 3 saturated carbocycles. The maximum absolute atomic E-state index is 11.6. The van der Waals surface area contributed by atoms with Crippen molar-refractivity contribution in [2.45, 2.75) is 63.1 Å². The first kappa shape index (κ1) is 10.7. The Kier molecular flexibility index (Phi) is 2.06. The Morgan fingerprint density at radius 1 is 1.33 bits per heavy atom. The first-order valence-electron chi connectivity index (χ1n) is 5.52. The van der Waals surface area contributed by atoms with Gasteiger partial charge in [0.05, 0.1) is 0 Å². The van der Waals surface area contributed by atoms with Crippen LogP contribution in [0.4, 0.5) is 4.79 Å². The number of rotatable bonds is 1. The quantitative estimate of drug-likeness (QED) is 0.693. The van der Waals surface area contributed by atoms with Gasteiger partial charge >= 0.3 is 6.09 Å². The lowest BCUT2D eigenvalue weighted by atomic mass is 9.72. The lowest BCUT2D eigenvalue weighted by Crippen LogP contribution is -2.62. The summed E-state index contributed by atoms with van der Waals surface area (Å²) in [7, 11) is 0. The van der Waals surface area contributed by atoms with Gasteiger partial charge in [-0.15, -0.1) is 0 Å². The molecular formula is C11H20N2O2. The normalized spacial score (nSPS) is 38.4. The zero-order valence-corrected chi connectivity index (χ0v) is 9.72. The molecular weight excluding hydrogens is 192 g/mol. The zero-order chi connectivity index (χ0) is 11.3. The second-order valence-electron chi connectivity index (χ2n) is 6.12. The number of hydrogen-bond acceptors (Lipinski definition) is 3. The third-order valence-corrected chi connectivity index (χ3v) is 3.25. The van der Waals surface area contributed by atoms with Crippen LogP contribution < -0.4 is 11.1 Å². The fourth-order valence-electron chi connectivity index (χ4n) is 2.81. The van der Waals surface area contributed by atoms with Crippen LogP contribution in [0.25, 0.3) is 0 Å². The van der Waals surface area contributed by atoms with Gasteiger partial charge in [-0.1, -0.05) is 0 Å². The van der Waals surface area contributed by atoms with Gasteiger partial charge in [0, 0.05) is 11.1 Å². The predicted molar refractivity (Wildman–Crippen MR) is 57.5 cm³/mol. The number of carbonyl (C=O) groups excluding carboxylic acids is 1. The lowest BCUT2D eigenvalue weighted by molar-refractivity contribution is 0.0379. The van der Waals surface area contributed by atoms with E-state index in [1.807, 2.05) is 20.8 Å². The van der Waals surface area contributed by atoms with Crippen molar-refractivity contribution in [2.75, 3.05) is 0 Å². The number of nitrogens with two attached hydrogens (primary N) is 1. The van der Waals surface area contributed by atoms with Crippen LogP contribution in [-0.4, -0.2) is 22.8 Å². The van der Waals surface area contributed by atoms with E-state index in [9.17, 15) is 4.79 Å². The van der Waals surface area contributed by atoms with Gasteiger partial charge in [0.2, 0.25) is 0 Å². The molecule has 0 aliphatic heterocycles. The molecule has 3 aliphatic rings. The molecule has 3 N–H and O–H groups in total. The van der Waals surface area contributed by atoms with Crippen molar-refractivity contribution < 1.29 is 9.53 Å². The lowest BCUT2D eigenvalue weighted by Gasteiger charge is -2.45. The molecule has 4 heteroatoms. The highest BCUT2D eigenvalue weighted by Gasteiger charge is 2.59. The minimum absolute atomic E-state index is 0.00495. The van der Waals surface area contributed by atoms with Crippen molar-refractivity contribution in [3.63, 3.8) is 0 Å². The molecule has 4 nitrogen and oxygen atoms in total. The summed E-state index contributed by atoms with van der Waals surface area (Å²) in [6.07, 6.45) is 3.50.